The summed E-state index contributed by atoms with van der Waals surface area (Å²) in [5.74, 6) is 0.924. The molecule has 70 valence electrons. The molecular weight excluding hydrogens is 226 g/mol. The summed E-state index contributed by atoms with van der Waals surface area (Å²) < 4.78 is 1.17. The Bertz CT molecular complexity index is 305. The Hall–Kier alpha value is -0.500. The molecule has 1 saturated carbocycles. The maximum Gasteiger partial charge on any atom is 0.0484 e. The van der Waals surface area contributed by atoms with Crippen molar-refractivity contribution in [3.05, 3.63) is 28.2 Å². The fourth-order valence-electron chi connectivity index (χ4n) is 1.34. The Morgan fingerprint density at radius 3 is 2.85 bits per heavy atom. The molecule has 1 aliphatic rings. The molecule has 1 fully saturated rings. The van der Waals surface area contributed by atoms with Crippen molar-refractivity contribution >= 4 is 21.6 Å². The molecular formula is C11H14BrN. The number of benzene rings is 1. The first kappa shape index (κ1) is 9.07. The lowest BCUT2D eigenvalue weighted by atomic mass is 10.2. The molecule has 2 heteroatoms. The van der Waals surface area contributed by atoms with Crippen molar-refractivity contribution in [2.75, 3.05) is 11.9 Å². The van der Waals surface area contributed by atoms with E-state index in [1.165, 1.54) is 28.6 Å². The van der Waals surface area contributed by atoms with E-state index in [0.29, 0.717) is 0 Å². The van der Waals surface area contributed by atoms with Gasteiger partial charge in [-0.3, -0.25) is 0 Å². The quantitative estimate of drug-likeness (QED) is 0.851. The average molecular weight is 240 g/mol. The number of hydrogen-bond donors (Lipinski definition) is 1. The lowest BCUT2D eigenvalue weighted by Gasteiger charge is -2.07. The van der Waals surface area contributed by atoms with Gasteiger partial charge in [-0.1, -0.05) is 6.07 Å². The normalized spacial score (nSPS) is 15.8. The van der Waals surface area contributed by atoms with Crippen molar-refractivity contribution in [1.82, 2.24) is 0 Å². The van der Waals surface area contributed by atoms with Crippen molar-refractivity contribution in [2.45, 2.75) is 19.8 Å². The molecule has 0 bridgehead atoms. The molecule has 0 heterocycles. The van der Waals surface area contributed by atoms with E-state index in [4.69, 9.17) is 0 Å². The van der Waals surface area contributed by atoms with E-state index in [1.54, 1.807) is 0 Å². The minimum atomic E-state index is 0.924. The lowest BCUT2D eigenvalue weighted by molar-refractivity contribution is 0.888. The van der Waals surface area contributed by atoms with Gasteiger partial charge in [0.1, 0.15) is 0 Å². The highest BCUT2D eigenvalue weighted by Gasteiger charge is 2.20. The zero-order valence-electron chi connectivity index (χ0n) is 7.81. The zero-order chi connectivity index (χ0) is 9.26. The van der Waals surface area contributed by atoms with E-state index in [0.717, 1.165) is 12.5 Å². The van der Waals surface area contributed by atoms with Crippen LogP contribution < -0.4 is 5.32 Å². The van der Waals surface area contributed by atoms with Crippen molar-refractivity contribution in [3.63, 3.8) is 0 Å². The third-order valence-electron chi connectivity index (χ3n) is 2.40. The second-order valence-electron chi connectivity index (χ2n) is 3.81. The van der Waals surface area contributed by atoms with Gasteiger partial charge in [0.2, 0.25) is 0 Å². The number of halogens is 1. The fourth-order valence-corrected chi connectivity index (χ4v) is 1.97. The number of nitrogens with one attached hydrogen (secondary N) is 1. The summed E-state index contributed by atoms with van der Waals surface area (Å²) >= 11 is 3.56. The summed E-state index contributed by atoms with van der Waals surface area (Å²) in [6.45, 7) is 3.23. The molecule has 1 aromatic rings. The van der Waals surface area contributed by atoms with Gasteiger partial charge in [-0.25, -0.2) is 0 Å². The minimum absolute atomic E-state index is 0.924. The predicted molar refractivity (Wildman–Crippen MR) is 60.1 cm³/mol. The summed E-state index contributed by atoms with van der Waals surface area (Å²) in [5.41, 5.74) is 2.52. The van der Waals surface area contributed by atoms with Gasteiger partial charge in [0.25, 0.3) is 0 Å². The lowest BCUT2D eigenvalue weighted by Crippen LogP contribution is -2.03. The van der Waals surface area contributed by atoms with Crippen LogP contribution in [0.2, 0.25) is 0 Å². The molecule has 0 radical (unpaired) electrons. The molecule has 13 heavy (non-hydrogen) atoms. The number of hydrogen-bond acceptors (Lipinski definition) is 1. The molecule has 0 saturated heterocycles. The Morgan fingerprint density at radius 2 is 2.23 bits per heavy atom. The molecule has 0 aromatic heterocycles. The van der Waals surface area contributed by atoms with Crippen LogP contribution >= 0.6 is 15.9 Å². The van der Waals surface area contributed by atoms with Gasteiger partial charge < -0.3 is 5.32 Å². The largest absolute Gasteiger partial charge is 0.384 e. The minimum Gasteiger partial charge on any atom is -0.384 e. The second-order valence-corrected chi connectivity index (χ2v) is 4.66. The molecule has 0 aliphatic heterocycles. The molecule has 2 rings (SSSR count). The van der Waals surface area contributed by atoms with Crippen molar-refractivity contribution in [3.8, 4) is 0 Å². The molecule has 1 aliphatic carbocycles. The van der Waals surface area contributed by atoms with Crippen LogP contribution in [0.5, 0.6) is 0 Å². The highest BCUT2D eigenvalue weighted by molar-refractivity contribution is 9.10. The smallest absolute Gasteiger partial charge is 0.0484 e. The van der Waals surface area contributed by atoms with Crippen LogP contribution in [0.25, 0.3) is 0 Å². The van der Waals surface area contributed by atoms with Crippen molar-refractivity contribution < 1.29 is 0 Å². The Balaban J connectivity index is 2.01. The topological polar surface area (TPSA) is 12.0 Å². The molecule has 0 spiro atoms. The first-order valence-electron chi connectivity index (χ1n) is 4.76. The SMILES string of the molecule is Cc1ccc(NCC2CC2)c(Br)c1. The first-order valence-corrected chi connectivity index (χ1v) is 5.55. The van der Waals surface area contributed by atoms with Crippen LogP contribution in [0.1, 0.15) is 18.4 Å². The standard InChI is InChI=1S/C11H14BrN/c1-8-2-5-11(10(12)6-8)13-7-9-3-4-9/h2,5-6,9,13H,3-4,7H2,1H3. The van der Waals surface area contributed by atoms with Gasteiger partial charge in [-0.05, 0) is 59.3 Å². The van der Waals surface area contributed by atoms with Crippen LogP contribution in [-0.2, 0) is 0 Å². The van der Waals surface area contributed by atoms with Crippen LogP contribution in [0.15, 0.2) is 22.7 Å². The Kier molecular flexibility index (Phi) is 2.58. The zero-order valence-corrected chi connectivity index (χ0v) is 9.39. The fraction of sp³-hybridized carbons (Fsp3) is 0.455. The van der Waals surface area contributed by atoms with Gasteiger partial charge in [0, 0.05) is 16.7 Å². The maximum absolute atomic E-state index is 3.56. The number of anilines is 1. The van der Waals surface area contributed by atoms with Crippen LogP contribution in [-0.4, -0.2) is 6.54 Å². The van der Waals surface area contributed by atoms with Gasteiger partial charge >= 0.3 is 0 Å². The third-order valence-corrected chi connectivity index (χ3v) is 3.06. The van der Waals surface area contributed by atoms with Gasteiger partial charge in [0.15, 0.2) is 0 Å². The highest BCUT2D eigenvalue weighted by Crippen LogP contribution is 2.30. The van der Waals surface area contributed by atoms with Gasteiger partial charge in [0.05, 0.1) is 0 Å². The molecule has 1 aromatic carbocycles. The maximum atomic E-state index is 3.56. The van der Waals surface area contributed by atoms with E-state index in [9.17, 15) is 0 Å². The summed E-state index contributed by atoms with van der Waals surface area (Å²) in [6.07, 6.45) is 2.80. The predicted octanol–water partition coefficient (Wildman–Crippen LogP) is 3.58. The Morgan fingerprint density at radius 1 is 1.46 bits per heavy atom. The highest BCUT2D eigenvalue weighted by atomic mass is 79.9. The molecule has 0 unspecified atom stereocenters. The number of rotatable bonds is 3. The Labute approximate surface area is 87.7 Å². The third kappa shape index (κ3) is 2.47. The molecule has 0 amide bonds. The van der Waals surface area contributed by atoms with E-state index >= 15 is 0 Å². The molecule has 1 nitrogen and oxygen atoms in total. The van der Waals surface area contributed by atoms with Crippen LogP contribution in [0.4, 0.5) is 5.69 Å². The van der Waals surface area contributed by atoms with E-state index < -0.39 is 0 Å². The van der Waals surface area contributed by atoms with Crippen LogP contribution in [0.3, 0.4) is 0 Å². The number of aryl methyl sites for hydroxylation is 1. The monoisotopic (exact) mass is 239 g/mol. The second kappa shape index (κ2) is 3.70. The summed E-state index contributed by atoms with van der Waals surface area (Å²) in [6, 6.07) is 6.43. The summed E-state index contributed by atoms with van der Waals surface area (Å²) in [7, 11) is 0. The van der Waals surface area contributed by atoms with E-state index in [-0.39, 0.29) is 0 Å². The summed E-state index contributed by atoms with van der Waals surface area (Å²) in [4.78, 5) is 0. The van der Waals surface area contributed by atoms with E-state index in [2.05, 4.69) is 46.4 Å². The first-order chi connectivity index (χ1) is 6.25. The van der Waals surface area contributed by atoms with Crippen molar-refractivity contribution in [2.24, 2.45) is 5.92 Å². The molecule has 0 atom stereocenters. The van der Waals surface area contributed by atoms with Crippen molar-refractivity contribution in [1.29, 1.82) is 0 Å². The summed E-state index contributed by atoms with van der Waals surface area (Å²) in [5, 5.41) is 3.46. The van der Waals surface area contributed by atoms with E-state index in [1.807, 2.05) is 0 Å². The molecule has 1 N–H and O–H groups in total. The van der Waals surface area contributed by atoms with Gasteiger partial charge in [-0.2, -0.15) is 0 Å². The average Bonchev–Trinajstić information content (AvgIpc) is 2.86. The van der Waals surface area contributed by atoms with Gasteiger partial charge in [-0.15, -0.1) is 0 Å². The van der Waals surface area contributed by atoms with Crippen LogP contribution in [0, 0.1) is 12.8 Å².